The van der Waals surface area contributed by atoms with Crippen LogP contribution in [0.1, 0.15) is 16.0 Å². The van der Waals surface area contributed by atoms with E-state index < -0.39 is 5.97 Å². The van der Waals surface area contributed by atoms with E-state index in [9.17, 15) is 9.90 Å². The van der Waals surface area contributed by atoms with Gasteiger partial charge in [0.1, 0.15) is 0 Å². The Bertz CT molecular complexity index is 597. The van der Waals surface area contributed by atoms with Crippen molar-refractivity contribution in [2.24, 2.45) is 0 Å². The number of carbonyl (C=O) groups is 1. The van der Waals surface area contributed by atoms with E-state index in [2.05, 4.69) is 0 Å². The molecule has 2 nitrogen and oxygen atoms in total. The van der Waals surface area contributed by atoms with E-state index in [1.54, 1.807) is 30.3 Å². The van der Waals surface area contributed by atoms with E-state index in [4.69, 9.17) is 11.6 Å². The normalized spacial score (nSPS) is 11.6. The number of benzene rings is 1. The van der Waals surface area contributed by atoms with Crippen molar-refractivity contribution in [3.8, 4) is 0 Å². The molecule has 0 atom stereocenters. The molecule has 0 bridgehead atoms. The van der Waals surface area contributed by atoms with E-state index >= 15 is 0 Å². The number of aryl methyl sites for hydroxylation is 1. The summed E-state index contributed by atoms with van der Waals surface area (Å²) in [7, 11) is 0. The van der Waals surface area contributed by atoms with Gasteiger partial charge in [0, 0.05) is 9.90 Å². The molecule has 0 aliphatic rings. The minimum Gasteiger partial charge on any atom is -0.478 e. The zero-order chi connectivity index (χ0) is 13.1. The average Bonchev–Trinajstić information content (AvgIpc) is 2.73. The first kappa shape index (κ1) is 12.9. The Labute approximate surface area is 114 Å². The summed E-state index contributed by atoms with van der Waals surface area (Å²) >= 11 is 7.33. The molecule has 2 rings (SSSR count). The second kappa shape index (κ2) is 5.38. The Morgan fingerprint density at radius 3 is 2.44 bits per heavy atom. The molecule has 0 radical (unpaired) electrons. The van der Waals surface area contributed by atoms with Crippen LogP contribution in [0.5, 0.6) is 0 Å². The van der Waals surface area contributed by atoms with Crippen molar-refractivity contribution >= 4 is 40.6 Å². The van der Waals surface area contributed by atoms with Gasteiger partial charge in [-0.1, -0.05) is 23.7 Å². The molecule has 0 fully saturated rings. The van der Waals surface area contributed by atoms with Gasteiger partial charge in [0.25, 0.3) is 0 Å². The lowest BCUT2D eigenvalue weighted by molar-refractivity contribution is -0.130. The van der Waals surface area contributed by atoms with E-state index in [1.807, 2.05) is 18.4 Å². The van der Waals surface area contributed by atoms with Crippen LogP contribution in [-0.2, 0) is 4.79 Å². The summed E-state index contributed by atoms with van der Waals surface area (Å²) < 4.78 is 0. The number of carboxylic acids is 1. The third-order valence-corrected chi connectivity index (χ3v) is 3.78. The molecule has 1 N–H and O–H groups in total. The maximum atomic E-state index is 11.3. The molecule has 0 saturated carbocycles. The minimum atomic E-state index is -0.940. The van der Waals surface area contributed by atoms with Crippen LogP contribution in [0.15, 0.2) is 35.7 Å². The molecule has 0 saturated heterocycles. The number of aliphatic carboxylic acids is 1. The number of rotatable bonds is 3. The van der Waals surface area contributed by atoms with Gasteiger partial charge in [-0.05, 0) is 47.7 Å². The predicted octanol–water partition coefficient (Wildman–Crippen LogP) is 4.34. The van der Waals surface area contributed by atoms with Crippen molar-refractivity contribution < 1.29 is 9.90 Å². The molecule has 0 aliphatic heterocycles. The highest BCUT2D eigenvalue weighted by Crippen LogP contribution is 2.25. The molecule has 0 aliphatic carbocycles. The summed E-state index contributed by atoms with van der Waals surface area (Å²) in [5, 5.41) is 11.8. The van der Waals surface area contributed by atoms with Crippen molar-refractivity contribution in [2.75, 3.05) is 0 Å². The molecule has 0 spiro atoms. The molecule has 4 heteroatoms. The number of carboxylic acid groups (broad SMARTS) is 1. The van der Waals surface area contributed by atoms with Gasteiger partial charge >= 0.3 is 5.97 Å². The fraction of sp³-hybridized carbons (Fsp3) is 0.0714. The first-order valence-electron chi connectivity index (χ1n) is 5.33. The lowest BCUT2D eigenvalue weighted by Crippen LogP contribution is -1.99. The Hall–Kier alpha value is -1.58. The van der Waals surface area contributed by atoms with Gasteiger partial charge in [0.05, 0.1) is 5.57 Å². The van der Waals surface area contributed by atoms with Gasteiger partial charge in [0.2, 0.25) is 0 Å². The molecule has 0 amide bonds. The van der Waals surface area contributed by atoms with Crippen molar-refractivity contribution in [1.82, 2.24) is 0 Å². The van der Waals surface area contributed by atoms with Crippen LogP contribution in [0.3, 0.4) is 0 Å². The SMILES string of the molecule is Cc1ccsc1/C=C(\C(=O)O)c1ccc(Cl)cc1. The Morgan fingerprint density at radius 1 is 1.28 bits per heavy atom. The molecule has 1 aromatic carbocycles. The number of hydrogen-bond acceptors (Lipinski definition) is 2. The van der Waals surface area contributed by atoms with Crippen LogP contribution in [0, 0.1) is 6.92 Å². The number of thiophene rings is 1. The summed E-state index contributed by atoms with van der Waals surface area (Å²) in [5.41, 5.74) is 2.00. The monoisotopic (exact) mass is 278 g/mol. The minimum absolute atomic E-state index is 0.275. The standard InChI is InChI=1S/C14H11ClO2S/c1-9-6-7-18-13(9)8-12(14(16)17)10-2-4-11(15)5-3-10/h2-8H,1H3,(H,16,17)/b12-8-. The summed E-state index contributed by atoms with van der Waals surface area (Å²) in [6, 6.07) is 8.78. The first-order valence-corrected chi connectivity index (χ1v) is 6.58. The van der Waals surface area contributed by atoms with Gasteiger partial charge in [0.15, 0.2) is 0 Å². The van der Waals surface area contributed by atoms with Gasteiger partial charge in [-0.2, -0.15) is 0 Å². The lowest BCUT2D eigenvalue weighted by atomic mass is 10.0. The quantitative estimate of drug-likeness (QED) is 0.848. The van der Waals surface area contributed by atoms with Crippen LogP contribution in [-0.4, -0.2) is 11.1 Å². The predicted molar refractivity (Wildman–Crippen MR) is 76.0 cm³/mol. The molecule has 18 heavy (non-hydrogen) atoms. The van der Waals surface area contributed by atoms with Gasteiger partial charge in [-0.15, -0.1) is 11.3 Å². The Morgan fingerprint density at radius 2 is 1.94 bits per heavy atom. The second-order valence-electron chi connectivity index (χ2n) is 3.84. The highest BCUT2D eigenvalue weighted by atomic mass is 35.5. The summed E-state index contributed by atoms with van der Waals surface area (Å²) in [6.45, 7) is 1.96. The Kier molecular flexibility index (Phi) is 3.84. The number of hydrogen-bond donors (Lipinski definition) is 1. The third kappa shape index (κ3) is 2.81. The van der Waals surface area contributed by atoms with Crippen molar-refractivity contribution in [3.05, 3.63) is 56.7 Å². The largest absolute Gasteiger partial charge is 0.478 e. The zero-order valence-electron chi connectivity index (χ0n) is 9.68. The number of halogens is 1. The Balaban J connectivity index is 2.47. The van der Waals surface area contributed by atoms with Crippen molar-refractivity contribution in [2.45, 2.75) is 6.92 Å². The topological polar surface area (TPSA) is 37.3 Å². The van der Waals surface area contributed by atoms with Crippen molar-refractivity contribution in [1.29, 1.82) is 0 Å². The van der Waals surface area contributed by atoms with Gasteiger partial charge in [-0.3, -0.25) is 0 Å². The molecular weight excluding hydrogens is 268 g/mol. The molecule has 1 aromatic heterocycles. The smallest absolute Gasteiger partial charge is 0.336 e. The van der Waals surface area contributed by atoms with Crippen molar-refractivity contribution in [3.63, 3.8) is 0 Å². The van der Waals surface area contributed by atoms with Crippen LogP contribution in [0.4, 0.5) is 0 Å². The lowest BCUT2D eigenvalue weighted by Gasteiger charge is -2.03. The molecule has 0 unspecified atom stereocenters. The zero-order valence-corrected chi connectivity index (χ0v) is 11.3. The molecule has 2 aromatic rings. The maximum Gasteiger partial charge on any atom is 0.336 e. The van der Waals surface area contributed by atoms with E-state index in [-0.39, 0.29) is 5.57 Å². The summed E-state index contributed by atoms with van der Waals surface area (Å²) in [5.74, 6) is -0.940. The highest BCUT2D eigenvalue weighted by Gasteiger charge is 2.11. The maximum absolute atomic E-state index is 11.3. The van der Waals surface area contributed by atoms with Gasteiger partial charge in [-0.25, -0.2) is 4.79 Å². The summed E-state index contributed by atoms with van der Waals surface area (Å²) in [4.78, 5) is 12.3. The molecular formula is C14H11ClO2S. The fourth-order valence-electron chi connectivity index (χ4n) is 1.56. The van der Waals surface area contributed by atoms with E-state index in [0.717, 1.165) is 10.4 Å². The third-order valence-electron chi connectivity index (χ3n) is 2.56. The second-order valence-corrected chi connectivity index (χ2v) is 5.22. The molecule has 92 valence electrons. The van der Waals surface area contributed by atoms with Crippen LogP contribution in [0.25, 0.3) is 11.6 Å². The van der Waals surface area contributed by atoms with Gasteiger partial charge < -0.3 is 5.11 Å². The van der Waals surface area contributed by atoms with Crippen LogP contribution in [0.2, 0.25) is 5.02 Å². The highest BCUT2D eigenvalue weighted by molar-refractivity contribution is 7.11. The fourth-order valence-corrected chi connectivity index (χ4v) is 2.55. The van der Waals surface area contributed by atoms with Crippen LogP contribution < -0.4 is 0 Å². The summed E-state index contributed by atoms with van der Waals surface area (Å²) in [6.07, 6.45) is 1.70. The van der Waals surface area contributed by atoms with E-state index in [0.29, 0.717) is 10.6 Å². The van der Waals surface area contributed by atoms with Crippen LogP contribution >= 0.6 is 22.9 Å². The first-order chi connectivity index (χ1) is 8.58. The average molecular weight is 279 g/mol. The van der Waals surface area contributed by atoms with E-state index in [1.165, 1.54) is 11.3 Å². The molecule has 1 heterocycles.